The van der Waals surface area contributed by atoms with Crippen LogP contribution in [0.2, 0.25) is 0 Å². The van der Waals surface area contributed by atoms with E-state index in [4.69, 9.17) is 14.0 Å². The summed E-state index contributed by atoms with van der Waals surface area (Å²) in [6.45, 7) is 3.78. The van der Waals surface area contributed by atoms with Crippen molar-refractivity contribution in [2.24, 2.45) is 5.92 Å². The lowest BCUT2D eigenvalue weighted by molar-refractivity contribution is -0.140. The average molecular weight is 385 g/mol. The fourth-order valence-corrected chi connectivity index (χ4v) is 3.76. The Balaban J connectivity index is 1.39. The molecule has 0 unspecified atom stereocenters. The minimum atomic E-state index is -0.193. The van der Waals surface area contributed by atoms with Crippen molar-refractivity contribution in [3.05, 3.63) is 40.8 Å². The van der Waals surface area contributed by atoms with Crippen LogP contribution in [-0.2, 0) is 17.8 Å². The van der Waals surface area contributed by atoms with Gasteiger partial charge in [0.2, 0.25) is 5.91 Å². The van der Waals surface area contributed by atoms with Gasteiger partial charge in [0, 0.05) is 32.2 Å². The van der Waals surface area contributed by atoms with E-state index in [9.17, 15) is 9.59 Å². The molecule has 0 saturated carbocycles. The predicted molar refractivity (Wildman–Crippen MR) is 99.3 cm³/mol. The normalized spacial score (nSPS) is 16.4. The number of carbonyl (C=O) groups is 2. The third kappa shape index (κ3) is 3.19. The van der Waals surface area contributed by atoms with Crippen LogP contribution in [0.5, 0.6) is 11.5 Å². The summed E-state index contributed by atoms with van der Waals surface area (Å²) in [5.41, 5.74) is 2.53. The first-order chi connectivity index (χ1) is 13.5. The molecule has 0 atom stereocenters. The highest BCUT2D eigenvalue weighted by atomic mass is 16.5. The Morgan fingerprint density at radius 1 is 1.07 bits per heavy atom. The van der Waals surface area contributed by atoms with E-state index in [0.29, 0.717) is 43.4 Å². The summed E-state index contributed by atoms with van der Waals surface area (Å²) in [5, 5.41) is 3.75. The number of aryl methyl sites for hydroxylation is 1. The molecular formula is C20H23N3O5. The van der Waals surface area contributed by atoms with Gasteiger partial charge < -0.3 is 23.8 Å². The topological polar surface area (TPSA) is 85.1 Å². The fraction of sp³-hybridized carbons (Fsp3) is 0.450. The van der Waals surface area contributed by atoms with E-state index in [1.807, 2.05) is 17.0 Å². The van der Waals surface area contributed by atoms with E-state index < -0.39 is 0 Å². The van der Waals surface area contributed by atoms with E-state index in [2.05, 4.69) is 5.16 Å². The van der Waals surface area contributed by atoms with Crippen molar-refractivity contribution in [1.82, 2.24) is 15.0 Å². The standard InChI is InChI=1S/C20H23N3O5/c1-12-6-16(21-28-12)20(25)23-10-15(11-23)19(24)22-5-4-13-7-17(26-2)18(27-3)8-14(13)9-22/h6-8,15H,4-5,9-11H2,1-3H3. The number of likely N-dealkylation sites (tertiary alicyclic amines) is 1. The van der Waals surface area contributed by atoms with Crippen LogP contribution >= 0.6 is 0 Å². The Bertz CT molecular complexity index is 917. The van der Waals surface area contributed by atoms with Gasteiger partial charge in [-0.25, -0.2) is 0 Å². The van der Waals surface area contributed by atoms with Crippen LogP contribution in [-0.4, -0.2) is 60.6 Å². The molecule has 8 nitrogen and oxygen atoms in total. The SMILES string of the molecule is COc1cc2c(cc1OC)CN(C(=O)C1CN(C(=O)c3cc(C)on3)C1)CC2. The zero-order valence-electron chi connectivity index (χ0n) is 16.2. The van der Waals surface area contributed by atoms with Crippen molar-refractivity contribution in [3.8, 4) is 11.5 Å². The van der Waals surface area contributed by atoms with Crippen LogP contribution in [0.4, 0.5) is 0 Å². The summed E-state index contributed by atoms with van der Waals surface area (Å²) >= 11 is 0. The number of hydrogen-bond donors (Lipinski definition) is 0. The minimum Gasteiger partial charge on any atom is -0.493 e. The molecule has 1 aromatic heterocycles. The molecule has 2 amide bonds. The molecule has 28 heavy (non-hydrogen) atoms. The van der Waals surface area contributed by atoms with E-state index in [1.165, 1.54) is 5.56 Å². The molecule has 2 aromatic rings. The second-order valence-corrected chi connectivity index (χ2v) is 7.22. The van der Waals surface area contributed by atoms with Gasteiger partial charge >= 0.3 is 0 Å². The molecule has 0 aliphatic carbocycles. The van der Waals surface area contributed by atoms with Gasteiger partial charge in [-0.3, -0.25) is 9.59 Å². The Morgan fingerprint density at radius 3 is 2.36 bits per heavy atom. The molecule has 1 aromatic carbocycles. The maximum Gasteiger partial charge on any atom is 0.276 e. The first-order valence-corrected chi connectivity index (χ1v) is 9.25. The van der Waals surface area contributed by atoms with Crippen LogP contribution in [0, 0.1) is 12.8 Å². The molecule has 1 fully saturated rings. The molecular weight excluding hydrogens is 362 g/mol. The number of fused-ring (bicyclic) bond motifs is 1. The van der Waals surface area contributed by atoms with Gasteiger partial charge in [-0.1, -0.05) is 5.16 Å². The second kappa shape index (κ2) is 7.18. The summed E-state index contributed by atoms with van der Waals surface area (Å²) in [5.74, 6) is 1.69. The average Bonchev–Trinajstić information content (AvgIpc) is 3.11. The second-order valence-electron chi connectivity index (χ2n) is 7.22. The van der Waals surface area contributed by atoms with Gasteiger partial charge in [-0.05, 0) is 36.6 Å². The highest BCUT2D eigenvalue weighted by Gasteiger charge is 2.39. The Kier molecular flexibility index (Phi) is 4.70. The van der Waals surface area contributed by atoms with Crippen molar-refractivity contribution in [2.45, 2.75) is 19.9 Å². The van der Waals surface area contributed by atoms with Crippen LogP contribution in [0.25, 0.3) is 0 Å². The van der Waals surface area contributed by atoms with Crippen LogP contribution in [0.1, 0.15) is 27.4 Å². The summed E-state index contributed by atoms with van der Waals surface area (Å²) in [4.78, 5) is 28.7. The zero-order valence-corrected chi connectivity index (χ0v) is 16.2. The van der Waals surface area contributed by atoms with E-state index >= 15 is 0 Å². The summed E-state index contributed by atoms with van der Waals surface area (Å²) < 4.78 is 15.7. The molecule has 1 saturated heterocycles. The summed E-state index contributed by atoms with van der Waals surface area (Å²) in [6.07, 6.45) is 0.773. The zero-order chi connectivity index (χ0) is 19.8. The smallest absolute Gasteiger partial charge is 0.276 e. The number of ether oxygens (including phenoxy) is 2. The molecule has 0 spiro atoms. The first-order valence-electron chi connectivity index (χ1n) is 9.25. The highest BCUT2D eigenvalue weighted by Crippen LogP contribution is 2.34. The maximum absolute atomic E-state index is 12.9. The number of carbonyl (C=O) groups excluding carboxylic acids is 2. The van der Waals surface area contributed by atoms with Crippen molar-refractivity contribution >= 4 is 11.8 Å². The lowest BCUT2D eigenvalue weighted by atomic mass is 9.94. The summed E-state index contributed by atoms with van der Waals surface area (Å²) in [7, 11) is 3.22. The quantitative estimate of drug-likeness (QED) is 0.796. The molecule has 2 aliphatic rings. The minimum absolute atomic E-state index is 0.0841. The predicted octanol–water partition coefficient (Wildman–Crippen LogP) is 1.66. The third-order valence-corrected chi connectivity index (χ3v) is 5.39. The number of amides is 2. The lowest BCUT2D eigenvalue weighted by Crippen LogP contribution is -2.57. The van der Waals surface area contributed by atoms with E-state index in [-0.39, 0.29) is 23.4 Å². The van der Waals surface area contributed by atoms with E-state index in [0.717, 1.165) is 12.0 Å². The number of aromatic nitrogens is 1. The molecule has 0 bridgehead atoms. The van der Waals surface area contributed by atoms with Crippen molar-refractivity contribution < 1.29 is 23.6 Å². The molecule has 3 heterocycles. The molecule has 8 heteroatoms. The number of benzene rings is 1. The van der Waals surface area contributed by atoms with Gasteiger partial charge in [0.05, 0.1) is 20.1 Å². The number of hydrogen-bond acceptors (Lipinski definition) is 6. The lowest BCUT2D eigenvalue weighted by Gasteiger charge is -2.41. The molecule has 148 valence electrons. The molecule has 0 radical (unpaired) electrons. The number of methoxy groups -OCH3 is 2. The number of nitrogens with zero attached hydrogens (tertiary/aromatic N) is 3. The largest absolute Gasteiger partial charge is 0.493 e. The molecule has 4 rings (SSSR count). The van der Waals surface area contributed by atoms with Gasteiger partial charge in [0.1, 0.15) is 5.76 Å². The van der Waals surface area contributed by atoms with E-state index in [1.54, 1.807) is 32.1 Å². The first kappa shape index (κ1) is 18.3. The highest BCUT2D eigenvalue weighted by molar-refractivity contribution is 5.94. The number of rotatable bonds is 4. The molecule has 0 N–H and O–H groups in total. The van der Waals surface area contributed by atoms with Crippen molar-refractivity contribution in [1.29, 1.82) is 0 Å². The Morgan fingerprint density at radius 2 is 1.75 bits per heavy atom. The van der Waals surface area contributed by atoms with Crippen molar-refractivity contribution in [3.63, 3.8) is 0 Å². The third-order valence-electron chi connectivity index (χ3n) is 5.39. The maximum atomic E-state index is 12.9. The Hall–Kier alpha value is -3.03. The van der Waals surface area contributed by atoms with Crippen LogP contribution < -0.4 is 9.47 Å². The van der Waals surface area contributed by atoms with Gasteiger partial charge in [-0.2, -0.15) is 0 Å². The van der Waals surface area contributed by atoms with Crippen LogP contribution in [0.3, 0.4) is 0 Å². The monoisotopic (exact) mass is 385 g/mol. The van der Waals surface area contributed by atoms with Gasteiger partial charge in [-0.15, -0.1) is 0 Å². The van der Waals surface area contributed by atoms with Gasteiger partial charge in [0.25, 0.3) is 5.91 Å². The van der Waals surface area contributed by atoms with Crippen LogP contribution in [0.15, 0.2) is 22.7 Å². The molecule has 2 aliphatic heterocycles. The Labute approximate surface area is 163 Å². The van der Waals surface area contributed by atoms with Crippen molar-refractivity contribution in [2.75, 3.05) is 33.9 Å². The summed E-state index contributed by atoms with van der Waals surface area (Å²) in [6, 6.07) is 5.54. The fourth-order valence-electron chi connectivity index (χ4n) is 3.76. The van der Waals surface area contributed by atoms with Gasteiger partial charge in [0.15, 0.2) is 17.2 Å².